The second-order valence-electron chi connectivity index (χ2n) is 20.6. The summed E-state index contributed by atoms with van der Waals surface area (Å²) in [4.78, 5) is 2.74. The standard InChI is InChI=1S/C57H47BN2S/c1-55(2,3)34-21-24-48-41(27-34)43-28-35(56(4,5)6)29-47-52(43)59(48)53-51-42(31-44-38-18-12-14-20-50(38)61-54(44)53)40-25-32-15-9-10-16-33(32)26-49(40)60(58(47)51)36-22-23-46-39(30-36)37-17-11-13-19-45(37)57(46,7)8/h9-31H,1-8H3. The topological polar surface area (TPSA) is 8.17 Å². The molecule has 0 spiro atoms. The van der Waals surface area contributed by atoms with Crippen molar-refractivity contribution in [3.63, 3.8) is 0 Å². The van der Waals surface area contributed by atoms with Crippen molar-refractivity contribution in [1.82, 2.24) is 4.57 Å². The fourth-order valence-corrected chi connectivity index (χ4v) is 12.7. The van der Waals surface area contributed by atoms with E-state index in [0.717, 1.165) is 0 Å². The molecule has 4 heterocycles. The Morgan fingerprint density at radius 2 is 1.25 bits per heavy atom. The fraction of sp³-hybridized carbons (Fsp3) is 0.193. The van der Waals surface area contributed by atoms with Gasteiger partial charge in [0.15, 0.2) is 0 Å². The summed E-state index contributed by atoms with van der Waals surface area (Å²) in [5.74, 6) is 0. The molecular weight excluding hydrogens is 756 g/mol. The van der Waals surface area contributed by atoms with Gasteiger partial charge in [0, 0.05) is 48.6 Å². The van der Waals surface area contributed by atoms with E-state index in [4.69, 9.17) is 0 Å². The lowest BCUT2D eigenvalue weighted by atomic mass is 9.43. The van der Waals surface area contributed by atoms with Gasteiger partial charge in [-0.15, -0.1) is 11.3 Å². The van der Waals surface area contributed by atoms with E-state index in [1.54, 1.807) is 0 Å². The molecule has 0 amide bonds. The Morgan fingerprint density at radius 3 is 2.05 bits per heavy atom. The van der Waals surface area contributed by atoms with Gasteiger partial charge in [0.2, 0.25) is 0 Å². The molecule has 0 saturated heterocycles. The molecule has 0 radical (unpaired) electrons. The Balaban J connectivity index is 1.24. The Bertz CT molecular complexity index is 3600. The van der Waals surface area contributed by atoms with Crippen LogP contribution in [0.1, 0.15) is 77.6 Å². The number of nitrogens with zero attached hydrogens (tertiary/aromatic N) is 2. The highest BCUT2D eigenvalue weighted by Gasteiger charge is 2.46. The summed E-state index contributed by atoms with van der Waals surface area (Å²) in [6.07, 6.45) is 0. The van der Waals surface area contributed by atoms with Gasteiger partial charge in [0.1, 0.15) is 0 Å². The number of fused-ring (bicyclic) bond motifs is 15. The van der Waals surface area contributed by atoms with Crippen LogP contribution < -0.4 is 15.7 Å². The first-order valence-corrected chi connectivity index (χ1v) is 22.8. The van der Waals surface area contributed by atoms with E-state index in [-0.39, 0.29) is 23.1 Å². The summed E-state index contributed by atoms with van der Waals surface area (Å²) < 4.78 is 5.39. The molecule has 13 rings (SSSR count). The molecule has 294 valence electrons. The molecule has 0 unspecified atom stereocenters. The average molecular weight is 803 g/mol. The molecule has 10 aromatic rings. The first-order valence-electron chi connectivity index (χ1n) is 22.0. The van der Waals surface area contributed by atoms with E-state index in [9.17, 15) is 0 Å². The first kappa shape index (κ1) is 35.6. The summed E-state index contributed by atoms with van der Waals surface area (Å²) in [6, 6.07) is 54.4. The van der Waals surface area contributed by atoms with Crippen LogP contribution in [0.2, 0.25) is 0 Å². The molecule has 61 heavy (non-hydrogen) atoms. The van der Waals surface area contributed by atoms with Gasteiger partial charge >= 0.3 is 6.85 Å². The van der Waals surface area contributed by atoms with Crippen LogP contribution in [0.25, 0.3) is 80.7 Å². The molecule has 0 bridgehead atoms. The van der Waals surface area contributed by atoms with Crippen molar-refractivity contribution in [2.24, 2.45) is 0 Å². The van der Waals surface area contributed by atoms with Gasteiger partial charge in [-0.3, -0.25) is 0 Å². The predicted molar refractivity (Wildman–Crippen MR) is 265 cm³/mol. The van der Waals surface area contributed by atoms with Crippen LogP contribution in [0.4, 0.5) is 11.4 Å². The van der Waals surface area contributed by atoms with Crippen LogP contribution in [-0.2, 0) is 16.2 Å². The van der Waals surface area contributed by atoms with Gasteiger partial charge in [-0.25, -0.2) is 0 Å². The summed E-state index contributed by atoms with van der Waals surface area (Å²) in [6.45, 7) is 18.9. The largest absolute Gasteiger partial charge is 0.376 e. The van der Waals surface area contributed by atoms with Gasteiger partial charge in [0.05, 0.1) is 21.4 Å². The van der Waals surface area contributed by atoms with Crippen molar-refractivity contribution < 1.29 is 0 Å². The highest BCUT2D eigenvalue weighted by Crippen LogP contribution is 2.53. The van der Waals surface area contributed by atoms with Gasteiger partial charge in [-0.2, -0.15) is 0 Å². The lowest BCUT2D eigenvalue weighted by Crippen LogP contribution is -2.60. The summed E-state index contributed by atoms with van der Waals surface area (Å²) in [5.41, 5.74) is 20.0. The summed E-state index contributed by atoms with van der Waals surface area (Å²) in [7, 11) is 0. The van der Waals surface area contributed by atoms with Crippen molar-refractivity contribution in [1.29, 1.82) is 0 Å². The SMILES string of the molecule is CC(C)(C)c1ccc2c(c1)c1cc(C(C)(C)C)cc3c1n2-c1c2c(cc4c1sc1ccccc14)-c1cc4ccccc4cc1N(c1ccc4c(c1)-c1ccccc1C4(C)C)B23. The molecule has 0 N–H and O–H groups in total. The lowest BCUT2D eigenvalue weighted by molar-refractivity contribution is 0.590. The molecule has 1 aliphatic carbocycles. The van der Waals surface area contributed by atoms with E-state index < -0.39 is 0 Å². The molecule has 0 fully saturated rings. The second kappa shape index (κ2) is 11.6. The third kappa shape index (κ3) is 4.64. The smallest absolute Gasteiger partial charge is 0.333 e. The summed E-state index contributed by atoms with van der Waals surface area (Å²) >= 11 is 1.96. The number of hydrogen-bond acceptors (Lipinski definition) is 2. The van der Waals surface area contributed by atoms with Crippen molar-refractivity contribution in [3.8, 4) is 27.9 Å². The zero-order chi connectivity index (χ0) is 41.5. The molecule has 3 aliphatic rings. The molecule has 4 heteroatoms. The third-order valence-corrected chi connectivity index (χ3v) is 15.8. The molecule has 2 nitrogen and oxygen atoms in total. The molecule has 0 saturated carbocycles. The minimum absolute atomic E-state index is 0.0176. The number of rotatable bonds is 1. The Labute approximate surface area is 362 Å². The van der Waals surface area contributed by atoms with E-state index in [1.165, 1.54) is 125 Å². The maximum atomic E-state index is 2.74. The highest BCUT2D eigenvalue weighted by atomic mass is 32.1. The Morgan fingerprint density at radius 1 is 0.541 bits per heavy atom. The van der Waals surface area contributed by atoms with Crippen molar-refractivity contribution in [2.45, 2.75) is 71.6 Å². The molecule has 0 atom stereocenters. The van der Waals surface area contributed by atoms with Crippen LogP contribution in [0.15, 0.2) is 140 Å². The normalized spacial score (nSPS) is 15.0. The minimum atomic E-state index is -0.0715. The lowest BCUT2D eigenvalue weighted by Gasteiger charge is -2.43. The predicted octanol–water partition coefficient (Wildman–Crippen LogP) is 14.4. The first-order chi connectivity index (χ1) is 29.3. The van der Waals surface area contributed by atoms with Gasteiger partial charge < -0.3 is 9.38 Å². The van der Waals surface area contributed by atoms with E-state index in [1.807, 2.05) is 11.3 Å². The van der Waals surface area contributed by atoms with Crippen LogP contribution in [0.5, 0.6) is 0 Å². The van der Waals surface area contributed by atoms with E-state index in [2.05, 4.69) is 204 Å². The quantitative estimate of drug-likeness (QED) is 0.150. The fourth-order valence-electron chi connectivity index (χ4n) is 11.4. The van der Waals surface area contributed by atoms with Gasteiger partial charge in [-0.05, 0) is 126 Å². The van der Waals surface area contributed by atoms with Crippen LogP contribution >= 0.6 is 11.3 Å². The van der Waals surface area contributed by atoms with Crippen molar-refractivity contribution in [2.75, 3.05) is 4.81 Å². The Kier molecular flexibility index (Phi) is 6.79. The minimum Gasteiger partial charge on any atom is -0.376 e. The van der Waals surface area contributed by atoms with Crippen LogP contribution in [0.3, 0.4) is 0 Å². The average Bonchev–Trinajstić information content (AvgIpc) is 3.86. The van der Waals surface area contributed by atoms with Gasteiger partial charge in [0.25, 0.3) is 0 Å². The number of benzene rings is 8. The maximum Gasteiger partial charge on any atom is 0.333 e. The van der Waals surface area contributed by atoms with Crippen molar-refractivity contribution in [3.05, 3.63) is 162 Å². The Hall–Kier alpha value is -6.10. The summed E-state index contributed by atoms with van der Waals surface area (Å²) in [5, 5.41) is 7.89. The van der Waals surface area contributed by atoms with Gasteiger partial charge in [-0.1, -0.05) is 140 Å². The van der Waals surface area contributed by atoms with Crippen LogP contribution in [0, 0.1) is 0 Å². The van der Waals surface area contributed by atoms with Crippen molar-refractivity contribution >= 4 is 93.2 Å². The zero-order valence-corrected chi connectivity index (χ0v) is 37.0. The maximum absolute atomic E-state index is 2.74. The highest BCUT2D eigenvalue weighted by molar-refractivity contribution is 7.26. The zero-order valence-electron chi connectivity index (χ0n) is 36.2. The molecule has 2 aliphatic heterocycles. The number of aromatic nitrogens is 1. The molecular formula is C57H47BN2S. The monoisotopic (exact) mass is 802 g/mol. The number of hydrogen-bond donors (Lipinski definition) is 0. The molecule has 8 aromatic carbocycles. The molecule has 2 aromatic heterocycles. The second-order valence-corrected chi connectivity index (χ2v) is 21.6. The van der Waals surface area contributed by atoms with E-state index in [0.29, 0.717) is 0 Å². The van der Waals surface area contributed by atoms with Crippen LogP contribution in [-0.4, -0.2) is 11.4 Å². The third-order valence-electron chi connectivity index (χ3n) is 14.6. The number of anilines is 2. The van der Waals surface area contributed by atoms with E-state index >= 15 is 0 Å². The number of thiophene rings is 1.